The van der Waals surface area contributed by atoms with Gasteiger partial charge in [0.05, 0.1) is 19.3 Å². The van der Waals surface area contributed by atoms with Crippen LogP contribution >= 0.6 is 0 Å². The van der Waals surface area contributed by atoms with Gasteiger partial charge in [-0.15, -0.1) is 0 Å². The molecule has 0 N–H and O–H groups in total. The molecular weight excluding hydrogens is 288 g/mol. The lowest BCUT2D eigenvalue weighted by molar-refractivity contribution is -0.0789. The summed E-state index contributed by atoms with van der Waals surface area (Å²) in [5.41, 5.74) is 0. The van der Waals surface area contributed by atoms with Crippen LogP contribution in [0.4, 0.5) is 5.95 Å². The molecule has 0 aliphatic carbocycles. The zero-order valence-electron chi connectivity index (χ0n) is 13.2. The molecule has 2 aromatic rings. The minimum Gasteiger partial charge on any atom is -0.375 e. The van der Waals surface area contributed by atoms with Crippen LogP contribution < -0.4 is 4.90 Å². The van der Waals surface area contributed by atoms with Crippen LogP contribution in [0.15, 0.2) is 9.05 Å². The van der Waals surface area contributed by atoms with Crippen molar-refractivity contribution in [3.05, 3.63) is 17.6 Å². The number of anilines is 1. The number of hydrogen-bond donors (Lipinski definition) is 0. The molecule has 22 heavy (non-hydrogen) atoms. The highest BCUT2D eigenvalue weighted by Gasteiger charge is 2.35. The van der Waals surface area contributed by atoms with Gasteiger partial charge in [0.1, 0.15) is 6.04 Å². The van der Waals surface area contributed by atoms with Gasteiger partial charge in [0.2, 0.25) is 11.8 Å². The Bertz CT molecular complexity index is 625. The van der Waals surface area contributed by atoms with Crippen LogP contribution in [0.25, 0.3) is 0 Å². The van der Waals surface area contributed by atoms with Gasteiger partial charge in [-0.3, -0.25) is 4.90 Å². The Kier molecular flexibility index (Phi) is 4.08. The van der Waals surface area contributed by atoms with Crippen LogP contribution in [0.1, 0.15) is 30.6 Å². The van der Waals surface area contributed by atoms with Crippen molar-refractivity contribution in [1.82, 2.24) is 25.2 Å². The van der Waals surface area contributed by atoms with E-state index in [1.165, 1.54) is 0 Å². The summed E-state index contributed by atoms with van der Waals surface area (Å²) in [5.74, 6) is 2.28. The molecule has 0 radical (unpaired) electrons. The molecule has 3 rings (SSSR count). The van der Waals surface area contributed by atoms with E-state index in [1.54, 1.807) is 11.8 Å². The highest BCUT2D eigenvalue weighted by atomic mass is 16.5. The van der Waals surface area contributed by atoms with E-state index in [2.05, 4.69) is 25.2 Å². The molecule has 9 nitrogen and oxygen atoms in total. The van der Waals surface area contributed by atoms with Gasteiger partial charge >= 0.3 is 0 Å². The maximum atomic E-state index is 5.72. The van der Waals surface area contributed by atoms with Gasteiger partial charge in [-0.25, -0.2) is 0 Å². The molecular formula is C13H20N6O3. The molecule has 120 valence electrons. The third kappa shape index (κ3) is 2.95. The van der Waals surface area contributed by atoms with E-state index in [0.29, 0.717) is 36.7 Å². The Morgan fingerprint density at radius 2 is 2.05 bits per heavy atom. The van der Waals surface area contributed by atoms with Crippen LogP contribution in [0.5, 0.6) is 0 Å². The van der Waals surface area contributed by atoms with E-state index in [1.807, 2.05) is 21.0 Å². The lowest BCUT2D eigenvalue weighted by Crippen LogP contribution is -2.43. The fraction of sp³-hybridized carbons (Fsp3) is 0.692. The molecule has 0 saturated carbocycles. The second-order valence-corrected chi connectivity index (χ2v) is 5.55. The van der Waals surface area contributed by atoms with E-state index < -0.39 is 0 Å². The third-order valence-electron chi connectivity index (χ3n) is 3.59. The average molecular weight is 308 g/mol. The normalized spacial score (nSPS) is 22.9. The molecule has 1 fully saturated rings. The number of hydrogen-bond acceptors (Lipinski definition) is 9. The Morgan fingerprint density at radius 3 is 2.68 bits per heavy atom. The number of morpholine rings is 1. The van der Waals surface area contributed by atoms with Crippen molar-refractivity contribution in [2.45, 2.75) is 32.5 Å². The standard InChI is InChI=1S/C13H20N6O3/c1-8-11(12-14-9(2)16-22-12)19(5-6-20-8)7-10-15-13(17-21-10)18(3)4/h8,11H,5-7H2,1-4H3/t8-,11+/m1/s1. The van der Waals surface area contributed by atoms with Crippen molar-refractivity contribution in [2.75, 3.05) is 32.1 Å². The summed E-state index contributed by atoms with van der Waals surface area (Å²) in [5, 5.41) is 7.80. The summed E-state index contributed by atoms with van der Waals surface area (Å²) in [4.78, 5) is 12.7. The molecule has 9 heteroatoms. The second kappa shape index (κ2) is 6.01. The first-order valence-electron chi connectivity index (χ1n) is 7.20. The number of aryl methyl sites for hydroxylation is 1. The number of nitrogens with zero attached hydrogens (tertiary/aromatic N) is 6. The van der Waals surface area contributed by atoms with Crippen molar-refractivity contribution in [2.24, 2.45) is 0 Å². The van der Waals surface area contributed by atoms with Crippen molar-refractivity contribution >= 4 is 5.95 Å². The fourth-order valence-corrected chi connectivity index (χ4v) is 2.52. The summed E-state index contributed by atoms with van der Waals surface area (Å²) in [6.45, 7) is 5.68. The van der Waals surface area contributed by atoms with E-state index in [0.717, 1.165) is 6.54 Å². The predicted molar refractivity (Wildman–Crippen MR) is 76.2 cm³/mol. The summed E-state index contributed by atoms with van der Waals surface area (Å²) in [6.07, 6.45) is -0.0511. The van der Waals surface area contributed by atoms with Crippen LogP contribution in [-0.4, -0.2) is 58.5 Å². The highest BCUT2D eigenvalue weighted by molar-refractivity contribution is 5.23. The largest absolute Gasteiger partial charge is 0.375 e. The van der Waals surface area contributed by atoms with Crippen LogP contribution in [0.2, 0.25) is 0 Å². The van der Waals surface area contributed by atoms with Gasteiger partial charge in [0, 0.05) is 20.6 Å². The minimum atomic E-state index is -0.121. The van der Waals surface area contributed by atoms with Gasteiger partial charge in [-0.2, -0.15) is 9.97 Å². The fourth-order valence-electron chi connectivity index (χ4n) is 2.52. The Labute approximate surface area is 128 Å². The molecule has 0 amide bonds. The van der Waals surface area contributed by atoms with Gasteiger partial charge < -0.3 is 18.7 Å². The van der Waals surface area contributed by atoms with Gasteiger partial charge in [0.15, 0.2) is 5.82 Å². The number of ether oxygens (including phenoxy) is 1. The molecule has 0 unspecified atom stereocenters. The first-order chi connectivity index (χ1) is 10.5. The molecule has 2 atom stereocenters. The molecule has 0 aromatic carbocycles. The summed E-state index contributed by atoms with van der Waals surface area (Å²) in [6, 6.07) is -0.121. The van der Waals surface area contributed by atoms with Crippen LogP contribution in [0, 0.1) is 6.92 Å². The van der Waals surface area contributed by atoms with Crippen molar-refractivity contribution in [3.8, 4) is 0 Å². The minimum absolute atomic E-state index is 0.0511. The van der Waals surface area contributed by atoms with Gasteiger partial charge in [-0.05, 0) is 19.0 Å². The number of aromatic nitrogens is 4. The predicted octanol–water partition coefficient (Wildman–Crippen LogP) is 0.789. The molecule has 0 spiro atoms. The zero-order chi connectivity index (χ0) is 15.7. The van der Waals surface area contributed by atoms with Gasteiger partial charge in [-0.1, -0.05) is 5.16 Å². The maximum Gasteiger partial charge on any atom is 0.265 e. The molecule has 1 saturated heterocycles. The monoisotopic (exact) mass is 308 g/mol. The van der Waals surface area contributed by atoms with E-state index >= 15 is 0 Å². The zero-order valence-corrected chi connectivity index (χ0v) is 13.2. The lowest BCUT2D eigenvalue weighted by atomic mass is 10.1. The first kappa shape index (κ1) is 14.9. The maximum absolute atomic E-state index is 5.72. The van der Waals surface area contributed by atoms with Crippen molar-refractivity contribution < 1.29 is 13.8 Å². The van der Waals surface area contributed by atoms with Crippen molar-refractivity contribution in [1.29, 1.82) is 0 Å². The number of rotatable bonds is 4. The van der Waals surface area contributed by atoms with E-state index in [9.17, 15) is 0 Å². The van der Waals surface area contributed by atoms with Gasteiger partial charge in [0.25, 0.3) is 5.95 Å². The Balaban J connectivity index is 1.79. The lowest BCUT2D eigenvalue weighted by Gasteiger charge is -2.36. The molecule has 2 aromatic heterocycles. The summed E-state index contributed by atoms with van der Waals surface area (Å²) < 4.78 is 16.4. The Hall–Kier alpha value is -2.00. The topological polar surface area (TPSA) is 93.6 Å². The smallest absolute Gasteiger partial charge is 0.265 e. The molecule has 0 bridgehead atoms. The Morgan fingerprint density at radius 1 is 1.23 bits per heavy atom. The van der Waals surface area contributed by atoms with E-state index in [-0.39, 0.29) is 12.1 Å². The van der Waals surface area contributed by atoms with Crippen LogP contribution in [-0.2, 0) is 11.3 Å². The second-order valence-electron chi connectivity index (χ2n) is 5.55. The van der Waals surface area contributed by atoms with Crippen molar-refractivity contribution in [3.63, 3.8) is 0 Å². The quantitative estimate of drug-likeness (QED) is 0.812. The average Bonchev–Trinajstić information content (AvgIpc) is 3.08. The molecule has 3 heterocycles. The SMILES string of the molecule is Cc1noc([C@@H]2[C@@H](C)OCCN2Cc2nc(N(C)C)no2)n1. The molecule has 1 aliphatic rings. The van der Waals surface area contributed by atoms with Crippen LogP contribution in [0.3, 0.4) is 0 Å². The third-order valence-corrected chi connectivity index (χ3v) is 3.59. The first-order valence-corrected chi connectivity index (χ1v) is 7.20. The summed E-state index contributed by atoms with van der Waals surface area (Å²) in [7, 11) is 3.74. The summed E-state index contributed by atoms with van der Waals surface area (Å²) >= 11 is 0. The molecule has 1 aliphatic heterocycles. The van der Waals surface area contributed by atoms with E-state index in [4.69, 9.17) is 13.8 Å². The highest BCUT2D eigenvalue weighted by Crippen LogP contribution is 2.29.